The molecular formula is C11H18N4O2S. The molecule has 1 fully saturated rings. The van der Waals surface area contributed by atoms with Crippen molar-refractivity contribution in [3.8, 4) is 0 Å². The van der Waals surface area contributed by atoms with Gasteiger partial charge in [0.05, 0.1) is 17.5 Å². The van der Waals surface area contributed by atoms with Crippen LogP contribution in [0.3, 0.4) is 0 Å². The maximum Gasteiger partial charge on any atom is 0.208 e. The fourth-order valence-electron chi connectivity index (χ4n) is 2.19. The normalized spacial score (nSPS) is 25.1. The minimum absolute atomic E-state index is 0.264. The van der Waals surface area contributed by atoms with Crippen molar-refractivity contribution in [1.82, 2.24) is 9.88 Å². The van der Waals surface area contributed by atoms with Gasteiger partial charge < -0.3 is 4.74 Å². The molecule has 0 amide bonds. The van der Waals surface area contributed by atoms with Gasteiger partial charge in [0.2, 0.25) is 5.13 Å². The number of hydrogen-bond donors (Lipinski definition) is 0. The van der Waals surface area contributed by atoms with E-state index >= 15 is 0 Å². The van der Waals surface area contributed by atoms with Crippen LogP contribution in [0.15, 0.2) is 11.5 Å². The van der Waals surface area contributed by atoms with Crippen LogP contribution in [-0.2, 0) is 11.3 Å². The Labute approximate surface area is 111 Å². The second kappa shape index (κ2) is 5.73. The quantitative estimate of drug-likeness (QED) is 0.617. The van der Waals surface area contributed by atoms with E-state index in [2.05, 4.69) is 29.0 Å². The van der Waals surface area contributed by atoms with E-state index in [0.29, 0.717) is 5.13 Å². The van der Waals surface area contributed by atoms with Crippen molar-refractivity contribution in [2.24, 2.45) is 5.29 Å². The summed E-state index contributed by atoms with van der Waals surface area (Å²) < 4.78 is 5.70. The molecule has 1 aromatic rings. The second-order valence-corrected chi connectivity index (χ2v) is 5.76. The van der Waals surface area contributed by atoms with Crippen LogP contribution >= 0.6 is 11.3 Å². The molecule has 1 aliphatic heterocycles. The summed E-state index contributed by atoms with van der Waals surface area (Å²) in [6.45, 7) is 6.89. The number of rotatable bonds is 4. The molecule has 2 unspecified atom stereocenters. The predicted octanol–water partition coefficient (Wildman–Crippen LogP) is 1.87. The number of aromatic nitrogens is 1. The summed E-state index contributed by atoms with van der Waals surface area (Å²) in [7, 11) is 1.61. The third-order valence-electron chi connectivity index (χ3n) is 2.82. The zero-order chi connectivity index (χ0) is 13.1. The molecule has 1 saturated heterocycles. The average molecular weight is 270 g/mol. The molecule has 0 aliphatic carbocycles. The van der Waals surface area contributed by atoms with Crippen molar-refractivity contribution in [2.45, 2.75) is 32.6 Å². The summed E-state index contributed by atoms with van der Waals surface area (Å²) in [6, 6.07) is 0. The molecule has 0 radical (unpaired) electrons. The predicted molar refractivity (Wildman–Crippen MR) is 71.6 cm³/mol. The van der Waals surface area contributed by atoms with Crippen LogP contribution in [0.4, 0.5) is 5.13 Å². The fraction of sp³-hybridized carbons (Fsp3) is 0.727. The van der Waals surface area contributed by atoms with E-state index in [1.807, 2.05) is 6.20 Å². The van der Waals surface area contributed by atoms with Crippen LogP contribution in [0.2, 0.25) is 0 Å². The minimum Gasteiger partial charge on any atom is -0.373 e. The van der Waals surface area contributed by atoms with Crippen LogP contribution in [0.1, 0.15) is 18.7 Å². The molecule has 1 aliphatic rings. The SMILES string of the molecule is CC1CN(Cc2cnc(N(C)N=O)s2)CC(C)O1. The fourth-order valence-corrected chi connectivity index (χ4v) is 3.05. The largest absolute Gasteiger partial charge is 0.373 e. The summed E-state index contributed by atoms with van der Waals surface area (Å²) in [5.74, 6) is 0. The minimum atomic E-state index is 0.264. The Morgan fingerprint density at radius 1 is 1.56 bits per heavy atom. The van der Waals surface area contributed by atoms with E-state index in [9.17, 15) is 4.91 Å². The van der Waals surface area contributed by atoms with Crippen molar-refractivity contribution in [3.05, 3.63) is 16.0 Å². The summed E-state index contributed by atoms with van der Waals surface area (Å²) in [5.41, 5.74) is 0. The van der Waals surface area contributed by atoms with Crippen LogP contribution in [0.25, 0.3) is 0 Å². The maximum atomic E-state index is 10.4. The van der Waals surface area contributed by atoms with Gasteiger partial charge in [0, 0.05) is 37.8 Å². The zero-order valence-electron chi connectivity index (χ0n) is 10.9. The number of ether oxygens (including phenoxy) is 1. The highest BCUT2D eigenvalue weighted by Gasteiger charge is 2.22. The van der Waals surface area contributed by atoms with Gasteiger partial charge in [-0.15, -0.1) is 4.91 Å². The van der Waals surface area contributed by atoms with Crippen molar-refractivity contribution in [3.63, 3.8) is 0 Å². The Kier molecular flexibility index (Phi) is 4.26. The van der Waals surface area contributed by atoms with Gasteiger partial charge in [0.25, 0.3) is 0 Å². The molecule has 1 aromatic heterocycles. The monoisotopic (exact) mass is 270 g/mol. The number of morpholine rings is 1. The molecule has 0 aromatic carbocycles. The summed E-state index contributed by atoms with van der Waals surface area (Å²) in [4.78, 5) is 18.1. The lowest BCUT2D eigenvalue weighted by atomic mass is 10.2. The third-order valence-corrected chi connectivity index (χ3v) is 3.86. The summed E-state index contributed by atoms with van der Waals surface area (Å²) in [5, 5.41) is 4.72. The Morgan fingerprint density at radius 3 is 2.83 bits per heavy atom. The summed E-state index contributed by atoms with van der Waals surface area (Å²) in [6.07, 6.45) is 2.34. The molecule has 0 N–H and O–H groups in total. The van der Waals surface area contributed by atoms with E-state index in [0.717, 1.165) is 24.5 Å². The summed E-state index contributed by atoms with van der Waals surface area (Å²) >= 11 is 1.50. The molecule has 0 saturated carbocycles. The van der Waals surface area contributed by atoms with E-state index in [1.54, 1.807) is 7.05 Å². The first-order valence-electron chi connectivity index (χ1n) is 5.98. The van der Waals surface area contributed by atoms with Crippen LogP contribution < -0.4 is 5.01 Å². The molecular weight excluding hydrogens is 252 g/mol. The Bertz CT molecular complexity index is 402. The molecule has 7 heteroatoms. The first-order valence-corrected chi connectivity index (χ1v) is 6.79. The highest BCUT2D eigenvalue weighted by Crippen LogP contribution is 2.24. The molecule has 18 heavy (non-hydrogen) atoms. The topological polar surface area (TPSA) is 58.0 Å². The highest BCUT2D eigenvalue weighted by molar-refractivity contribution is 7.15. The first kappa shape index (κ1) is 13.4. The van der Waals surface area contributed by atoms with Crippen molar-refractivity contribution >= 4 is 16.5 Å². The Morgan fingerprint density at radius 2 is 2.22 bits per heavy atom. The van der Waals surface area contributed by atoms with Gasteiger partial charge in [-0.25, -0.2) is 9.99 Å². The van der Waals surface area contributed by atoms with E-state index in [4.69, 9.17) is 4.74 Å². The van der Waals surface area contributed by atoms with Crippen LogP contribution in [0.5, 0.6) is 0 Å². The Balaban J connectivity index is 1.96. The van der Waals surface area contributed by atoms with Crippen molar-refractivity contribution in [2.75, 3.05) is 25.1 Å². The zero-order valence-corrected chi connectivity index (χ0v) is 11.7. The smallest absolute Gasteiger partial charge is 0.208 e. The number of nitroso groups, excluding NO2 is 1. The second-order valence-electron chi connectivity index (χ2n) is 4.67. The third kappa shape index (κ3) is 3.24. The van der Waals surface area contributed by atoms with Gasteiger partial charge in [-0.1, -0.05) is 11.3 Å². The number of anilines is 1. The van der Waals surface area contributed by atoms with Gasteiger partial charge in [-0.05, 0) is 13.8 Å². The van der Waals surface area contributed by atoms with E-state index in [-0.39, 0.29) is 12.2 Å². The lowest BCUT2D eigenvalue weighted by molar-refractivity contribution is -0.0702. The Hall–Kier alpha value is -1.05. The van der Waals surface area contributed by atoms with E-state index < -0.39 is 0 Å². The lowest BCUT2D eigenvalue weighted by Gasteiger charge is -2.34. The van der Waals surface area contributed by atoms with Gasteiger partial charge in [0.1, 0.15) is 0 Å². The molecule has 2 heterocycles. The van der Waals surface area contributed by atoms with Crippen LogP contribution in [-0.4, -0.2) is 42.2 Å². The van der Waals surface area contributed by atoms with E-state index in [1.165, 1.54) is 16.3 Å². The van der Waals surface area contributed by atoms with Crippen molar-refractivity contribution < 1.29 is 4.74 Å². The molecule has 2 rings (SSSR count). The number of nitrogens with zero attached hydrogens (tertiary/aromatic N) is 4. The molecule has 6 nitrogen and oxygen atoms in total. The highest BCUT2D eigenvalue weighted by atomic mass is 32.1. The maximum absolute atomic E-state index is 10.4. The average Bonchev–Trinajstić information content (AvgIpc) is 2.75. The molecule has 0 spiro atoms. The van der Waals surface area contributed by atoms with Gasteiger partial charge in [0.15, 0.2) is 0 Å². The van der Waals surface area contributed by atoms with Crippen molar-refractivity contribution in [1.29, 1.82) is 0 Å². The van der Waals surface area contributed by atoms with Crippen LogP contribution in [0, 0.1) is 4.91 Å². The lowest BCUT2D eigenvalue weighted by Crippen LogP contribution is -2.44. The molecule has 100 valence electrons. The van der Waals surface area contributed by atoms with Gasteiger partial charge in [-0.2, -0.15) is 0 Å². The number of hydrogen-bond acceptors (Lipinski definition) is 6. The number of thiazole rings is 1. The standard InChI is InChI=1S/C11H18N4O2S/c1-8-5-15(6-9(2)17-8)7-10-4-12-11(18-10)14(3)13-16/h4,8-9H,5-7H2,1-3H3. The first-order chi connectivity index (χ1) is 8.58. The molecule has 0 bridgehead atoms. The molecule has 2 atom stereocenters. The van der Waals surface area contributed by atoms with Gasteiger partial charge in [-0.3, -0.25) is 4.90 Å². The van der Waals surface area contributed by atoms with Gasteiger partial charge >= 0.3 is 0 Å².